The van der Waals surface area contributed by atoms with Crippen LogP contribution >= 0.6 is 0 Å². The monoisotopic (exact) mass is 501 g/mol. The highest BCUT2D eigenvalue weighted by Gasteiger charge is 2.48. The Morgan fingerprint density at radius 2 is 1.68 bits per heavy atom. The number of fused-ring (bicyclic) bond motifs is 1. The number of amides is 2. The van der Waals surface area contributed by atoms with Crippen molar-refractivity contribution < 1.29 is 28.6 Å². The molecule has 3 aromatic carbocycles. The second-order valence-corrected chi connectivity index (χ2v) is 9.06. The first-order valence-electron chi connectivity index (χ1n) is 12.0. The van der Waals surface area contributed by atoms with Gasteiger partial charge in [-0.25, -0.2) is 0 Å². The van der Waals surface area contributed by atoms with Crippen LogP contribution in [0.15, 0.2) is 78.9 Å². The zero-order chi connectivity index (χ0) is 25.8. The van der Waals surface area contributed by atoms with Crippen molar-refractivity contribution in [2.24, 2.45) is 5.73 Å². The molecule has 2 aliphatic rings. The number of benzene rings is 3. The first-order chi connectivity index (χ1) is 17.9. The highest BCUT2D eigenvalue weighted by molar-refractivity contribution is 6.12. The van der Waals surface area contributed by atoms with Crippen molar-refractivity contribution in [3.8, 4) is 17.2 Å². The number of carbonyl (C=O) groups excluding carboxylic acids is 3. The lowest BCUT2D eigenvalue weighted by Crippen LogP contribution is -2.74. The van der Waals surface area contributed by atoms with Crippen LogP contribution in [0, 0.1) is 0 Å². The Hall–Kier alpha value is -4.37. The number of nitrogens with two attached hydrogens (primary N) is 1. The van der Waals surface area contributed by atoms with Gasteiger partial charge in [-0.15, -0.1) is 0 Å². The third-order valence-electron chi connectivity index (χ3n) is 6.47. The summed E-state index contributed by atoms with van der Waals surface area (Å²) in [4.78, 5) is 39.3. The van der Waals surface area contributed by atoms with Crippen LogP contribution in [0.5, 0.6) is 17.2 Å². The Kier molecular flexibility index (Phi) is 6.78. The first-order valence-corrected chi connectivity index (χ1v) is 12.0. The van der Waals surface area contributed by atoms with Crippen molar-refractivity contribution in [1.29, 1.82) is 0 Å². The number of carbonyl (C=O) groups is 3. The zero-order valence-corrected chi connectivity index (χ0v) is 20.0. The highest BCUT2D eigenvalue weighted by Crippen LogP contribution is 2.33. The summed E-state index contributed by atoms with van der Waals surface area (Å²) in [6.45, 7) is 0.0998. The quantitative estimate of drug-likeness (QED) is 0.286. The highest BCUT2D eigenvalue weighted by atomic mass is 16.7. The zero-order valence-electron chi connectivity index (χ0n) is 20.0. The lowest BCUT2D eigenvalue weighted by atomic mass is 9.83. The maximum Gasteiger partial charge on any atom is 0.251 e. The average molecular weight is 502 g/mol. The number of β-lactam (4-membered cyclic amide) rings is 1. The van der Waals surface area contributed by atoms with E-state index in [2.05, 4.69) is 10.6 Å². The van der Waals surface area contributed by atoms with Gasteiger partial charge in [0.15, 0.2) is 28.9 Å². The van der Waals surface area contributed by atoms with E-state index in [0.29, 0.717) is 29.2 Å². The number of para-hydroxylation sites is 1. The average Bonchev–Trinajstić information content (AvgIpc) is 3.39. The number of Topliss-reactive ketones (excluding diaryl/α,β-unsaturated/α-hetero) is 1. The van der Waals surface area contributed by atoms with E-state index in [1.54, 1.807) is 42.5 Å². The molecule has 0 spiro atoms. The number of hydrogen-bond donors (Lipinski definition) is 3. The molecule has 0 aromatic heterocycles. The molecule has 0 bridgehead atoms. The molecule has 0 radical (unpaired) electrons. The first kappa shape index (κ1) is 24.3. The maximum atomic E-state index is 13.6. The van der Waals surface area contributed by atoms with Gasteiger partial charge in [0.2, 0.25) is 18.9 Å². The van der Waals surface area contributed by atoms with Gasteiger partial charge in [0.25, 0.3) is 5.91 Å². The van der Waals surface area contributed by atoms with Gasteiger partial charge in [0, 0.05) is 12.8 Å². The van der Waals surface area contributed by atoms with Crippen LogP contribution in [-0.2, 0) is 27.2 Å². The number of aryl methyl sites for hydroxylation is 1. The molecule has 190 valence electrons. The van der Waals surface area contributed by atoms with Crippen LogP contribution in [-0.4, -0.2) is 42.2 Å². The van der Waals surface area contributed by atoms with Gasteiger partial charge in [0.05, 0.1) is 0 Å². The van der Waals surface area contributed by atoms with E-state index in [9.17, 15) is 14.4 Å². The Labute approximate surface area is 213 Å². The molecular formula is C28H27N3O6. The standard InChI is InChI=1S/C28H27N3O6/c29-28(23(32)14-12-18-7-3-1-4-8-18,16-19-11-13-21-22(15-19)36-17-35-21)27(34)30-24-25(33)31-26(24)37-20-9-5-2-6-10-20/h1-11,13,15,24,26H,12,14,16-17,29H2,(H,30,34)(H,31,33)/t24-,26+,28+/m1/s1. The SMILES string of the molecule is N[C@@](Cc1ccc2c(c1)OCO2)(C(=O)CCc1ccccc1)C(=O)N[C@@H]1C(=O)N[C@H]1Oc1ccccc1. The second-order valence-electron chi connectivity index (χ2n) is 9.06. The van der Waals surface area contributed by atoms with Gasteiger partial charge >= 0.3 is 0 Å². The van der Waals surface area contributed by atoms with Crippen LogP contribution in [0.1, 0.15) is 17.5 Å². The molecule has 2 heterocycles. The van der Waals surface area contributed by atoms with Crippen LogP contribution in [0.3, 0.4) is 0 Å². The molecule has 1 fully saturated rings. The molecular weight excluding hydrogens is 474 g/mol. The summed E-state index contributed by atoms with van der Waals surface area (Å²) in [5.41, 5.74) is 6.25. The largest absolute Gasteiger partial charge is 0.468 e. The van der Waals surface area contributed by atoms with Crippen LogP contribution < -0.4 is 30.6 Å². The van der Waals surface area contributed by atoms with E-state index in [1.165, 1.54) is 0 Å². The molecule has 1 saturated heterocycles. The molecule has 5 rings (SSSR count). The van der Waals surface area contributed by atoms with Crippen LogP contribution in [0.4, 0.5) is 0 Å². The number of ketones is 1. The minimum absolute atomic E-state index is 0.0549. The van der Waals surface area contributed by atoms with Crippen LogP contribution in [0.25, 0.3) is 0 Å². The predicted octanol–water partition coefficient (Wildman–Crippen LogP) is 1.88. The summed E-state index contributed by atoms with van der Waals surface area (Å²) in [5.74, 6) is 0.0305. The van der Waals surface area contributed by atoms with Gasteiger partial charge in [-0.2, -0.15) is 0 Å². The lowest BCUT2D eigenvalue weighted by Gasteiger charge is -2.38. The number of rotatable bonds is 10. The van der Waals surface area contributed by atoms with Gasteiger partial charge in [-0.3, -0.25) is 14.4 Å². The molecule has 0 saturated carbocycles. The number of nitrogens with one attached hydrogen (secondary N) is 2. The Morgan fingerprint density at radius 1 is 0.973 bits per heavy atom. The molecule has 2 amide bonds. The summed E-state index contributed by atoms with van der Waals surface area (Å²) < 4.78 is 16.6. The Balaban J connectivity index is 1.34. The van der Waals surface area contributed by atoms with E-state index in [1.807, 2.05) is 36.4 Å². The van der Waals surface area contributed by atoms with E-state index < -0.39 is 35.4 Å². The van der Waals surface area contributed by atoms with E-state index in [0.717, 1.165) is 5.56 Å². The van der Waals surface area contributed by atoms with E-state index in [4.69, 9.17) is 19.9 Å². The third-order valence-corrected chi connectivity index (χ3v) is 6.47. The third kappa shape index (κ3) is 5.26. The number of ether oxygens (including phenoxy) is 3. The molecule has 3 aromatic rings. The number of hydrogen-bond acceptors (Lipinski definition) is 7. The topological polar surface area (TPSA) is 129 Å². The fourth-order valence-corrected chi connectivity index (χ4v) is 4.31. The summed E-state index contributed by atoms with van der Waals surface area (Å²) in [7, 11) is 0. The van der Waals surface area contributed by atoms with E-state index >= 15 is 0 Å². The molecule has 9 heteroatoms. The van der Waals surface area contributed by atoms with Crippen molar-refractivity contribution >= 4 is 17.6 Å². The van der Waals surface area contributed by atoms with Crippen molar-refractivity contribution in [3.63, 3.8) is 0 Å². The molecule has 37 heavy (non-hydrogen) atoms. The smallest absolute Gasteiger partial charge is 0.251 e. The maximum absolute atomic E-state index is 13.6. The molecule has 4 N–H and O–H groups in total. The van der Waals surface area contributed by atoms with Crippen molar-refractivity contribution in [2.75, 3.05) is 6.79 Å². The Bertz CT molecular complexity index is 1300. The summed E-state index contributed by atoms with van der Waals surface area (Å²) in [6, 6.07) is 22.6. The fraction of sp³-hybridized carbons (Fsp3) is 0.250. The fourth-order valence-electron chi connectivity index (χ4n) is 4.31. The summed E-state index contributed by atoms with van der Waals surface area (Å²) in [6.07, 6.45) is -0.384. The van der Waals surface area contributed by atoms with Crippen molar-refractivity contribution in [1.82, 2.24) is 10.6 Å². The predicted molar refractivity (Wildman–Crippen MR) is 134 cm³/mol. The molecule has 0 aliphatic carbocycles. The minimum Gasteiger partial charge on any atom is -0.468 e. The molecule has 3 atom stereocenters. The van der Waals surface area contributed by atoms with E-state index in [-0.39, 0.29) is 19.6 Å². The Morgan fingerprint density at radius 3 is 2.41 bits per heavy atom. The van der Waals surface area contributed by atoms with Crippen molar-refractivity contribution in [2.45, 2.75) is 37.1 Å². The van der Waals surface area contributed by atoms with Gasteiger partial charge in [-0.1, -0.05) is 54.6 Å². The van der Waals surface area contributed by atoms with Gasteiger partial charge in [-0.05, 0) is 41.8 Å². The molecule has 2 aliphatic heterocycles. The lowest BCUT2D eigenvalue weighted by molar-refractivity contribution is -0.147. The summed E-state index contributed by atoms with van der Waals surface area (Å²) >= 11 is 0. The molecule has 9 nitrogen and oxygen atoms in total. The summed E-state index contributed by atoms with van der Waals surface area (Å²) in [5, 5.41) is 5.27. The van der Waals surface area contributed by atoms with Crippen molar-refractivity contribution in [3.05, 3.63) is 90.0 Å². The van der Waals surface area contributed by atoms with Gasteiger partial charge < -0.3 is 30.6 Å². The second kappa shape index (κ2) is 10.3. The molecule has 0 unspecified atom stereocenters. The van der Waals surface area contributed by atoms with Gasteiger partial charge in [0.1, 0.15) is 5.75 Å². The normalized spacial score (nSPS) is 19.2. The minimum atomic E-state index is -1.92. The van der Waals surface area contributed by atoms with Crippen LogP contribution in [0.2, 0.25) is 0 Å².